The molecule has 0 amide bonds. The second-order valence-corrected chi connectivity index (χ2v) is 4.14. The van der Waals surface area contributed by atoms with E-state index in [4.69, 9.17) is 9.15 Å². The van der Waals surface area contributed by atoms with E-state index in [9.17, 15) is 0 Å². The summed E-state index contributed by atoms with van der Waals surface area (Å²) in [5.41, 5.74) is 1.18. The van der Waals surface area contributed by atoms with Crippen molar-refractivity contribution in [1.29, 1.82) is 0 Å². The topological polar surface area (TPSA) is 34.4 Å². The maximum Gasteiger partial charge on any atom is 0.122 e. The summed E-state index contributed by atoms with van der Waals surface area (Å²) in [6.45, 7) is 3.00. The van der Waals surface area contributed by atoms with Crippen molar-refractivity contribution in [2.75, 3.05) is 13.7 Å². The van der Waals surface area contributed by atoms with Crippen molar-refractivity contribution >= 4 is 0 Å². The van der Waals surface area contributed by atoms with E-state index in [0.29, 0.717) is 0 Å². The van der Waals surface area contributed by atoms with Crippen molar-refractivity contribution in [1.82, 2.24) is 5.32 Å². The lowest BCUT2D eigenvalue weighted by molar-refractivity contribution is 0.392. The molecular weight excluding hydrogens is 226 g/mol. The first-order chi connectivity index (χ1) is 8.85. The van der Waals surface area contributed by atoms with Crippen LogP contribution in [0, 0.1) is 0 Å². The predicted octanol–water partition coefficient (Wildman–Crippen LogP) is 3.18. The summed E-state index contributed by atoms with van der Waals surface area (Å²) in [5.74, 6) is 1.88. The van der Waals surface area contributed by atoms with Crippen LogP contribution in [0.1, 0.15) is 24.3 Å². The van der Waals surface area contributed by atoms with E-state index >= 15 is 0 Å². The summed E-state index contributed by atoms with van der Waals surface area (Å²) >= 11 is 0. The van der Waals surface area contributed by atoms with Gasteiger partial charge >= 0.3 is 0 Å². The molecule has 1 aromatic heterocycles. The van der Waals surface area contributed by atoms with E-state index in [0.717, 1.165) is 24.5 Å². The quantitative estimate of drug-likeness (QED) is 0.848. The third-order valence-corrected chi connectivity index (χ3v) is 2.95. The first kappa shape index (κ1) is 12.7. The van der Waals surface area contributed by atoms with Gasteiger partial charge in [0.1, 0.15) is 11.5 Å². The molecule has 0 saturated carbocycles. The Balaban J connectivity index is 2.18. The lowest BCUT2D eigenvalue weighted by atomic mass is 10.0. The van der Waals surface area contributed by atoms with Crippen molar-refractivity contribution in [3.8, 4) is 5.75 Å². The number of para-hydroxylation sites is 1. The van der Waals surface area contributed by atoms with E-state index in [1.807, 2.05) is 30.3 Å². The second-order valence-electron chi connectivity index (χ2n) is 4.14. The van der Waals surface area contributed by atoms with E-state index < -0.39 is 0 Å². The molecule has 1 atom stereocenters. The molecule has 1 N–H and O–H groups in total. The van der Waals surface area contributed by atoms with Gasteiger partial charge in [-0.25, -0.2) is 0 Å². The summed E-state index contributed by atoms with van der Waals surface area (Å²) in [4.78, 5) is 0. The predicted molar refractivity (Wildman–Crippen MR) is 71.8 cm³/mol. The van der Waals surface area contributed by atoms with E-state index in [2.05, 4.69) is 18.3 Å². The highest BCUT2D eigenvalue weighted by Gasteiger charge is 2.15. The Bertz CT molecular complexity index is 465. The van der Waals surface area contributed by atoms with Gasteiger partial charge in [0.2, 0.25) is 0 Å². The standard InChI is InChI=1S/C15H19NO2/c1-3-16-13(15-9-6-10-18-15)11-12-7-4-5-8-14(12)17-2/h4-10,13,16H,3,11H2,1-2H3. The van der Waals surface area contributed by atoms with Crippen LogP contribution in [0.15, 0.2) is 47.1 Å². The molecule has 0 spiro atoms. The molecule has 2 rings (SSSR count). The molecule has 0 aliphatic heterocycles. The number of rotatable bonds is 6. The molecule has 0 bridgehead atoms. The van der Waals surface area contributed by atoms with E-state index in [1.54, 1.807) is 13.4 Å². The summed E-state index contributed by atoms with van der Waals surface area (Å²) in [6.07, 6.45) is 2.56. The summed E-state index contributed by atoms with van der Waals surface area (Å²) < 4.78 is 10.9. The van der Waals surface area contributed by atoms with Gasteiger partial charge in [0, 0.05) is 0 Å². The van der Waals surface area contributed by atoms with Crippen LogP contribution in [0.2, 0.25) is 0 Å². The molecule has 0 fully saturated rings. The van der Waals surface area contributed by atoms with Gasteiger partial charge in [-0.3, -0.25) is 0 Å². The summed E-state index contributed by atoms with van der Waals surface area (Å²) in [6, 6.07) is 12.2. The molecule has 0 aliphatic carbocycles. The smallest absolute Gasteiger partial charge is 0.122 e. The highest BCUT2D eigenvalue weighted by Crippen LogP contribution is 2.25. The number of ether oxygens (including phenoxy) is 1. The van der Waals surface area contributed by atoms with Crippen LogP contribution >= 0.6 is 0 Å². The minimum Gasteiger partial charge on any atom is -0.496 e. The van der Waals surface area contributed by atoms with Gasteiger partial charge < -0.3 is 14.5 Å². The fourth-order valence-electron chi connectivity index (χ4n) is 2.10. The largest absolute Gasteiger partial charge is 0.496 e. The van der Waals surface area contributed by atoms with Crippen LogP contribution in [0.5, 0.6) is 5.75 Å². The van der Waals surface area contributed by atoms with Crippen molar-refractivity contribution < 1.29 is 9.15 Å². The maximum atomic E-state index is 5.49. The zero-order valence-electron chi connectivity index (χ0n) is 10.8. The summed E-state index contributed by atoms with van der Waals surface area (Å²) in [5, 5.41) is 3.44. The molecule has 3 heteroatoms. The second kappa shape index (κ2) is 6.26. The number of nitrogens with one attached hydrogen (secondary N) is 1. The van der Waals surface area contributed by atoms with Gasteiger partial charge in [-0.05, 0) is 36.7 Å². The molecule has 0 saturated heterocycles. The highest BCUT2D eigenvalue weighted by molar-refractivity contribution is 5.34. The zero-order valence-corrected chi connectivity index (χ0v) is 10.8. The van der Waals surface area contributed by atoms with Crippen LogP contribution in [0.4, 0.5) is 0 Å². The average Bonchev–Trinajstić information content (AvgIpc) is 2.92. The SMILES string of the molecule is CCNC(Cc1ccccc1OC)c1ccco1. The van der Waals surface area contributed by atoms with Gasteiger partial charge in [-0.15, -0.1) is 0 Å². The molecule has 0 radical (unpaired) electrons. The average molecular weight is 245 g/mol. The van der Waals surface area contributed by atoms with Gasteiger partial charge in [0.25, 0.3) is 0 Å². The van der Waals surface area contributed by atoms with Crippen molar-refractivity contribution in [3.63, 3.8) is 0 Å². The lowest BCUT2D eigenvalue weighted by Crippen LogP contribution is -2.22. The van der Waals surface area contributed by atoms with Gasteiger partial charge in [-0.2, -0.15) is 0 Å². The number of hydrogen-bond donors (Lipinski definition) is 1. The number of methoxy groups -OCH3 is 1. The molecule has 18 heavy (non-hydrogen) atoms. The van der Waals surface area contributed by atoms with Crippen LogP contribution in [0.3, 0.4) is 0 Å². The fourth-order valence-corrected chi connectivity index (χ4v) is 2.10. The number of hydrogen-bond acceptors (Lipinski definition) is 3. The van der Waals surface area contributed by atoms with E-state index in [1.165, 1.54) is 5.56 Å². The maximum absolute atomic E-state index is 5.49. The van der Waals surface area contributed by atoms with Crippen molar-refractivity contribution in [2.24, 2.45) is 0 Å². The van der Waals surface area contributed by atoms with Crippen molar-refractivity contribution in [3.05, 3.63) is 54.0 Å². The number of furan rings is 1. The minimum atomic E-state index is 0.182. The Morgan fingerprint density at radius 1 is 1.22 bits per heavy atom. The molecule has 96 valence electrons. The molecule has 3 nitrogen and oxygen atoms in total. The highest BCUT2D eigenvalue weighted by atomic mass is 16.5. The Kier molecular flexibility index (Phi) is 4.42. The Morgan fingerprint density at radius 2 is 2.06 bits per heavy atom. The van der Waals surface area contributed by atoms with Crippen molar-refractivity contribution in [2.45, 2.75) is 19.4 Å². The zero-order chi connectivity index (χ0) is 12.8. The lowest BCUT2D eigenvalue weighted by Gasteiger charge is -2.17. The Hall–Kier alpha value is -1.74. The third kappa shape index (κ3) is 2.93. The van der Waals surface area contributed by atoms with Crippen LogP contribution in [-0.4, -0.2) is 13.7 Å². The molecule has 1 unspecified atom stereocenters. The minimum absolute atomic E-state index is 0.182. The Labute approximate surface area is 108 Å². The number of likely N-dealkylation sites (N-methyl/N-ethyl adjacent to an activating group) is 1. The normalized spacial score (nSPS) is 12.3. The Morgan fingerprint density at radius 3 is 2.72 bits per heavy atom. The fraction of sp³-hybridized carbons (Fsp3) is 0.333. The molecule has 0 aliphatic rings. The van der Waals surface area contributed by atoms with Crippen LogP contribution in [0.25, 0.3) is 0 Å². The third-order valence-electron chi connectivity index (χ3n) is 2.95. The molecule has 2 aromatic rings. The van der Waals surface area contributed by atoms with E-state index in [-0.39, 0.29) is 6.04 Å². The monoisotopic (exact) mass is 245 g/mol. The molecule has 1 heterocycles. The molecule has 1 aromatic carbocycles. The number of benzene rings is 1. The first-order valence-corrected chi connectivity index (χ1v) is 6.23. The van der Waals surface area contributed by atoms with Gasteiger partial charge in [0.05, 0.1) is 19.4 Å². The van der Waals surface area contributed by atoms with Crippen LogP contribution < -0.4 is 10.1 Å². The first-order valence-electron chi connectivity index (χ1n) is 6.23. The summed E-state index contributed by atoms with van der Waals surface area (Å²) in [7, 11) is 1.70. The van der Waals surface area contributed by atoms with Gasteiger partial charge in [0.15, 0.2) is 0 Å². The van der Waals surface area contributed by atoms with Gasteiger partial charge in [-0.1, -0.05) is 25.1 Å². The van der Waals surface area contributed by atoms with Crippen LogP contribution in [-0.2, 0) is 6.42 Å². The molecular formula is C15H19NO2.